The summed E-state index contributed by atoms with van der Waals surface area (Å²) in [5.74, 6) is -1.91. The molecule has 0 bridgehead atoms. The molecular weight excluding hydrogens is 671 g/mol. The summed E-state index contributed by atoms with van der Waals surface area (Å²) < 4.78 is 25.7. The maximum atomic E-state index is 14.7. The van der Waals surface area contributed by atoms with Gasteiger partial charge in [0.15, 0.2) is 9.84 Å². The van der Waals surface area contributed by atoms with Gasteiger partial charge in [-0.2, -0.15) is 0 Å². The molecular formula is C38H63N5O7S. The molecule has 5 atom stereocenters. The van der Waals surface area contributed by atoms with Gasteiger partial charge in [-0.1, -0.05) is 66.7 Å². The molecule has 4 aliphatic carbocycles. The topological polar surface area (TPSA) is 171 Å². The molecule has 5 unspecified atom stereocenters. The average Bonchev–Trinajstić information content (AvgIpc) is 3.94. The normalized spacial score (nSPS) is 26.9. The molecule has 51 heavy (non-hydrogen) atoms. The van der Waals surface area contributed by atoms with Crippen molar-refractivity contribution in [3.63, 3.8) is 0 Å². The first-order valence-electron chi connectivity index (χ1n) is 19.3. The maximum Gasteiger partial charge on any atom is 0.315 e. The summed E-state index contributed by atoms with van der Waals surface area (Å²) in [6.45, 7) is 15.1. The van der Waals surface area contributed by atoms with Crippen LogP contribution in [-0.4, -0.2) is 89.6 Å². The summed E-state index contributed by atoms with van der Waals surface area (Å²) in [5.41, 5.74) is -1.94. The number of carbonyl (C=O) groups excluding carboxylic acids is 5. The summed E-state index contributed by atoms with van der Waals surface area (Å²) in [4.78, 5) is 70.7. The summed E-state index contributed by atoms with van der Waals surface area (Å²) in [6.07, 6.45) is 9.35. The monoisotopic (exact) mass is 733 g/mol. The Morgan fingerprint density at radius 3 is 2.04 bits per heavy atom. The second-order valence-electron chi connectivity index (χ2n) is 19.2. The second kappa shape index (κ2) is 14.3. The molecule has 1 saturated heterocycles. The Hall–Kier alpha value is -2.70. The Labute approximate surface area is 305 Å². The summed E-state index contributed by atoms with van der Waals surface area (Å²) in [5, 5.41) is 11.6. The summed E-state index contributed by atoms with van der Waals surface area (Å²) >= 11 is 0. The largest absolute Gasteiger partial charge is 0.347 e. The van der Waals surface area contributed by atoms with Crippen molar-refractivity contribution in [2.45, 2.75) is 167 Å². The third-order valence-corrected chi connectivity index (χ3v) is 15.0. The minimum Gasteiger partial charge on any atom is -0.347 e. The molecule has 1 aliphatic heterocycles. The Morgan fingerprint density at radius 2 is 1.51 bits per heavy atom. The molecule has 0 aromatic heterocycles. The molecule has 0 radical (unpaired) electrons. The fourth-order valence-corrected chi connectivity index (χ4v) is 10.2. The first-order valence-corrected chi connectivity index (χ1v) is 21.0. The molecule has 0 aromatic carbocycles. The predicted octanol–water partition coefficient (Wildman–Crippen LogP) is 4.01. The van der Waals surface area contributed by atoms with E-state index >= 15 is 0 Å². The van der Waals surface area contributed by atoms with Crippen LogP contribution in [-0.2, 0) is 29.0 Å². The Morgan fingerprint density at radius 1 is 0.882 bits per heavy atom. The second-order valence-corrected chi connectivity index (χ2v) is 22.0. The van der Waals surface area contributed by atoms with Crippen LogP contribution in [0.25, 0.3) is 0 Å². The number of hydrogen-bond acceptors (Lipinski definition) is 7. The lowest BCUT2D eigenvalue weighted by Gasteiger charge is -2.49. The number of amides is 5. The average molecular weight is 734 g/mol. The molecule has 0 spiro atoms. The molecule has 0 aromatic rings. The van der Waals surface area contributed by atoms with E-state index in [9.17, 15) is 32.4 Å². The van der Waals surface area contributed by atoms with E-state index in [0.717, 1.165) is 57.8 Å². The smallest absolute Gasteiger partial charge is 0.315 e. The fraction of sp³-hybridized carbons (Fsp3) is 0.868. The third kappa shape index (κ3) is 9.10. The van der Waals surface area contributed by atoms with Crippen molar-refractivity contribution in [2.24, 2.45) is 28.6 Å². The van der Waals surface area contributed by atoms with Crippen LogP contribution in [0.3, 0.4) is 0 Å². The Bertz CT molecular complexity index is 1480. The molecule has 5 aliphatic rings. The summed E-state index contributed by atoms with van der Waals surface area (Å²) in [6, 6.07) is -3.47. The van der Waals surface area contributed by atoms with Crippen LogP contribution in [0.5, 0.6) is 0 Å². The van der Waals surface area contributed by atoms with Crippen LogP contribution >= 0.6 is 0 Å². The molecule has 5 fully saturated rings. The number of nitrogens with zero attached hydrogens (tertiary/aromatic N) is 1. The van der Waals surface area contributed by atoms with Gasteiger partial charge in [0.1, 0.15) is 12.1 Å². The van der Waals surface area contributed by atoms with Crippen molar-refractivity contribution in [2.75, 3.05) is 12.3 Å². The zero-order valence-electron chi connectivity index (χ0n) is 32.2. The van der Waals surface area contributed by atoms with Crippen LogP contribution in [0.2, 0.25) is 0 Å². The van der Waals surface area contributed by atoms with Gasteiger partial charge in [-0.3, -0.25) is 19.2 Å². The van der Waals surface area contributed by atoms with Gasteiger partial charge in [-0.15, -0.1) is 0 Å². The van der Waals surface area contributed by atoms with Crippen LogP contribution < -0.4 is 21.3 Å². The van der Waals surface area contributed by atoms with Gasteiger partial charge < -0.3 is 26.2 Å². The van der Waals surface area contributed by atoms with Crippen LogP contribution in [0, 0.1) is 28.6 Å². The molecule has 13 heteroatoms. The van der Waals surface area contributed by atoms with Crippen molar-refractivity contribution in [3.05, 3.63) is 0 Å². The molecule has 1 heterocycles. The van der Waals surface area contributed by atoms with Crippen LogP contribution in [0.1, 0.15) is 132 Å². The summed E-state index contributed by atoms with van der Waals surface area (Å²) in [7, 11) is -3.56. The third-order valence-electron chi connectivity index (χ3n) is 12.2. The van der Waals surface area contributed by atoms with Crippen molar-refractivity contribution in [1.29, 1.82) is 0 Å². The van der Waals surface area contributed by atoms with Crippen molar-refractivity contribution >= 4 is 39.4 Å². The zero-order valence-corrected chi connectivity index (χ0v) is 33.0. The molecule has 12 nitrogen and oxygen atoms in total. The first-order chi connectivity index (χ1) is 23.5. The number of fused-ring (bicyclic) bond motifs is 1. The first kappa shape index (κ1) is 39.5. The fourth-order valence-electron chi connectivity index (χ4n) is 8.69. The van der Waals surface area contributed by atoms with E-state index in [2.05, 4.69) is 35.1 Å². The van der Waals surface area contributed by atoms with E-state index in [0.29, 0.717) is 31.7 Å². The van der Waals surface area contributed by atoms with E-state index in [1.807, 2.05) is 20.8 Å². The number of Topliss-reactive ketones (excluding diaryl/α,β-unsaturated/α-hetero) is 1. The van der Waals surface area contributed by atoms with Gasteiger partial charge in [0.05, 0.1) is 22.1 Å². The van der Waals surface area contributed by atoms with E-state index in [1.54, 1.807) is 25.7 Å². The van der Waals surface area contributed by atoms with E-state index in [1.165, 1.54) is 0 Å². The lowest BCUT2D eigenvalue weighted by atomic mass is 9.55. The van der Waals surface area contributed by atoms with Gasteiger partial charge in [0.25, 0.3) is 5.91 Å². The zero-order chi connectivity index (χ0) is 37.7. The van der Waals surface area contributed by atoms with E-state index in [4.69, 9.17) is 0 Å². The van der Waals surface area contributed by atoms with Crippen molar-refractivity contribution in [3.8, 4) is 0 Å². The molecule has 5 amide bonds. The van der Waals surface area contributed by atoms with Crippen LogP contribution in [0.15, 0.2) is 0 Å². The molecule has 288 valence electrons. The minimum atomic E-state index is -3.56. The number of urea groups is 1. The number of carbonyl (C=O) groups is 5. The van der Waals surface area contributed by atoms with E-state index in [-0.39, 0.29) is 29.0 Å². The predicted molar refractivity (Wildman–Crippen MR) is 195 cm³/mol. The van der Waals surface area contributed by atoms with Gasteiger partial charge in [-0.05, 0) is 94.3 Å². The highest BCUT2D eigenvalue weighted by atomic mass is 32.2. The standard InChI is InChI=1S/C38H63N5O7S/c1-35(2,3)30(41-34(48)42-38(18-10-9-11-19-38)22-51(49,50)36(4,5)6)33(47)43-21-24-20-37(7,8)27(24)28(43)31(45)40-26(17-14-23-12-13-23)29(44)32(46)39-25-15-16-25/h23-28,30H,9-22H2,1-8H3,(H,39,46)(H,40,45)(H2,41,42,48). The van der Waals surface area contributed by atoms with Gasteiger partial charge >= 0.3 is 6.03 Å². The Balaban J connectivity index is 1.36. The van der Waals surface area contributed by atoms with Crippen molar-refractivity contribution in [1.82, 2.24) is 26.2 Å². The lowest BCUT2D eigenvalue weighted by Crippen LogP contribution is -2.64. The van der Waals surface area contributed by atoms with Crippen LogP contribution in [0.4, 0.5) is 4.79 Å². The minimum absolute atomic E-state index is 0.00984. The highest BCUT2D eigenvalue weighted by molar-refractivity contribution is 7.92. The number of rotatable bonds is 13. The number of ketones is 1. The maximum absolute atomic E-state index is 14.7. The number of nitrogens with one attached hydrogen (secondary N) is 4. The number of likely N-dealkylation sites (tertiary alicyclic amines) is 1. The molecule has 5 rings (SSSR count). The van der Waals surface area contributed by atoms with Gasteiger partial charge in [0.2, 0.25) is 17.6 Å². The lowest BCUT2D eigenvalue weighted by molar-refractivity contribution is -0.146. The number of hydrogen-bond donors (Lipinski definition) is 4. The highest BCUT2D eigenvalue weighted by Crippen LogP contribution is 2.57. The molecule has 4 N–H and O–H groups in total. The van der Waals surface area contributed by atoms with Crippen molar-refractivity contribution < 1.29 is 32.4 Å². The molecule has 4 saturated carbocycles. The number of sulfone groups is 1. The van der Waals surface area contributed by atoms with E-state index < -0.39 is 73.2 Å². The highest BCUT2D eigenvalue weighted by Gasteiger charge is 2.61. The quantitative estimate of drug-likeness (QED) is 0.207. The van der Waals surface area contributed by atoms with Gasteiger partial charge in [0, 0.05) is 12.6 Å². The Kier molecular flexibility index (Phi) is 11.1. The van der Waals surface area contributed by atoms with Gasteiger partial charge in [-0.25, -0.2) is 13.2 Å². The SMILES string of the molecule is CC(C)(C)C(NC(=O)NC1(CS(=O)(=O)C(C)(C)C)CCCCC1)C(=O)N1CC2CC(C)(C)C2C1C(=O)NC(CCC1CC1)C(=O)C(=O)NC1CC1.